The zero-order valence-electron chi connectivity index (χ0n) is 13.9. The molecule has 2 N–H and O–H groups in total. The Balaban J connectivity index is 1.67. The van der Waals surface area contributed by atoms with Crippen molar-refractivity contribution < 1.29 is 23.9 Å². The third kappa shape index (κ3) is 5.94. The summed E-state index contributed by atoms with van der Waals surface area (Å²) in [5.41, 5.74) is 4.73. The molecule has 0 radical (unpaired) electrons. The van der Waals surface area contributed by atoms with E-state index < -0.39 is 5.91 Å². The first kappa shape index (κ1) is 19.1. The van der Waals surface area contributed by atoms with Crippen molar-refractivity contribution in [1.82, 2.24) is 10.9 Å². The highest BCUT2D eigenvalue weighted by Gasteiger charge is 2.30. The molecule has 0 unspecified atom stereocenters. The lowest BCUT2D eigenvalue weighted by Gasteiger charge is -2.26. The highest BCUT2D eigenvalue weighted by atomic mass is 35.5. The Morgan fingerprint density at radius 1 is 1.04 bits per heavy atom. The molecule has 1 saturated carbocycles. The molecule has 25 heavy (non-hydrogen) atoms. The van der Waals surface area contributed by atoms with Gasteiger partial charge in [0.2, 0.25) is 5.91 Å². The first-order valence-electron chi connectivity index (χ1n) is 8.04. The minimum atomic E-state index is -0.466. The van der Waals surface area contributed by atoms with Gasteiger partial charge in [-0.3, -0.25) is 25.2 Å². The van der Waals surface area contributed by atoms with Gasteiger partial charge >= 0.3 is 5.97 Å². The summed E-state index contributed by atoms with van der Waals surface area (Å²) in [6.45, 7) is -0.225. The van der Waals surface area contributed by atoms with Gasteiger partial charge in [-0.2, -0.15) is 0 Å². The maximum atomic E-state index is 12.1. The standard InChI is InChI=1S/C17H21ClN2O5/c1-24-17(23)12-4-2-11(3-5-12)16(22)20-19-15(21)10-25-14-8-6-13(18)7-9-14/h6-9,11-12H,2-5,10H2,1H3,(H,19,21)(H,20,22)/t11-,12-. The van der Waals surface area contributed by atoms with Gasteiger partial charge in [0.25, 0.3) is 5.91 Å². The zero-order valence-corrected chi connectivity index (χ0v) is 14.7. The van der Waals surface area contributed by atoms with Gasteiger partial charge in [0, 0.05) is 10.9 Å². The van der Waals surface area contributed by atoms with Gasteiger partial charge in [-0.1, -0.05) is 11.6 Å². The summed E-state index contributed by atoms with van der Waals surface area (Å²) in [7, 11) is 1.36. The van der Waals surface area contributed by atoms with Crippen LogP contribution in [0.25, 0.3) is 0 Å². The lowest BCUT2D eigenvalue weighted by atomic mass is 9.82. The summed E-state index contributed by atoms with van der Waals surface area (Å²) < 4.78 is 10.00. The molecule has 0 spiro atoms. The van der Waals surface area contributed by atoms with Crippen molar-refractivity contribution in [1.29, 1.82) is 0 Å². The number of ether oxygens (including phenoxy) is 2. The topological polar surface area (TPSA) is 93.7 Å². The Bertz CT molecular complexity index is 612. The van der Waals surface area contributed by atoms with E-state index in [0.29, 0.717) is 36.5 Å². The fourth-order valence-corrected chi connectivity index (χ4v) is 2.83. The van der Waals surface area contributed by atoms with Crippen LogP contribution in [0.1, 0.15) is 25.7 Å². The van der Waals surface area contributed by atoms with E-state index >= 15 is 0 Å². The number of hydrogen-bond acceptors (Lipinski definition) is 5. The van der Waals surface area contributed by atoms with E-state index in [0.717, 1.165) is 0 Å². The van der Waals surface area contributed by atoms with Crippen molar-refractivity contribution in [2.24, 2.45) is 11.8 Å². The molecule has 2 rings (SSSR count). The quantitative estimate of drug-likeness (QED) is 0.611. The van der Waals surface area contributed by atoms with Crippen LogP contribution in [-0.4, -0.2) is 31.5 Å². The number of rotatable bonds is 5. The third-order valence-corrected chi connectivity index (χ3v) is 4.39. The average molecular weight is 369 g/mol. The molecule has 2 amide bonds. The molecule has 0 bridgehead atoms. The molecule has 7 nitrogen and oxygen atoms in total. The molecular formula is C17H21ClN2O5. The number of carbonyl (C=O) groups excluding carboxylic acids is 3. The van der Waals surface area contributed by atoms with E-state index in [-0.39, 0.29) is 30.3 Å². The van der Waals surface area contributed by atoms with Crippen molar-refractivity contribution in [3.05, 3.63) is 29.3 Å². The minimum absolute atomic E-state index is 0.142. The normalized spacial score (nSPS) is 19.6. The number of esters is 1. The molecule has 0 saturated heterocycles. The van der Waals surface area contributed by atoms with Crippen LogP contribution >= 0.6 is 11.6 Å². The molecule has 0 aliphatic heterocycles. The van der Waals surface area contributed by atoms with Crippen LogP contribution in [0.15, 0.2) is 24.3 Å². The van der Waals surface area contributed by atoms with Gasteiger partial charge in [-0.15, -0.1) is 0 Å². The van der Waals surface area contributed by atoms with Crippen LogP contribution in [-0.2, 0) is 19.1 Å². The molecule has 1 aromatic rings. The van der Waals surface area contributed by atoms with Gasteiger partial charge in [0.1, 0.15) is 5.75 Å². The molecule has 1 aliphatic rings. The number of methoxy groups -OCH3 is 1. The number of hydrazine groups is 1. The summed E-state index contributed by atoms with van der Waals surface area (Å²) in [4.78, 5) is 35.2. The number of nitrogens with one attached hydrogen (secondary N) is 2. The second kappa shape index (κ2) is 9.27. The first-order chi connectivity index (χ1) is 12.0. The molecule has 1 fully saturated rings. The van der Waals surface area contributed by atoms with Gasteiger partial charge < -0.3 is 9.47 Å². The average Bonchev–Trinajstić information content (AvgIpc) is 2.65. The second-order valence-corrected chi connectivity index (χ2v) is 6.29. The predicted molar refractivity (Wildman–Crippen MR) is 90.7 cm³/mol. The van der Waals surface area contributed by atoms with Crippen molar-refractivity contribution in [2.45, 2.75) is 25.7 Å². The van der Waals surface area contributed by atoms with Crippen LogP contribution in [0.3, 0.4) is 0 Å². The predicted octanol–water partition coefficient (Wildman–Crippen LogP) is 1.85. The van der Waals surface area contributed by atoms with E-state index in [1.807, 2.05) is 0 Å². The van der Waals surface area contributed by atoms with E-state index in [2.05, 4.69) is 10.9 Å². The Labute approximate surface area is 151 Å². The number of carbonyl (C=O) groups is 3. The molecule has 0 aromatic heterocycles. The monoisotopic (exact) mass is 368 g/mol. The van der Waals surface area contributed by atoms with Crippen molar-refractivity contribution >= 4 is 29.4 Å². The van der Waals surface area contributed by atoms with E-state index in [4.69, 9.17) is 21.1 Å². The molecule has 8 heteroatoms. The van der Waals surface area contributed by atoms with Crippen LogP contribution in [0, 0.1) is 11.8 Å². The zero-order chi connectivity index (χ0) is 18.2. The number of benzene rings is 1. The van der Waals surface area contributed by atoms with Crippen LogP contribution in [0.2, 0.25) is 5.02 Å². The molecule has 0 heterocycles. The molecular weight excluding hydrogens is 348 g/mol. The smallest absolute Gasteiger partial charge is 0.308 e. The Hall–Kier alpha value is -2.28. The summed E-state index contributed by atoms with van der Waals surface area (Å²) >= 11 is 5.76. The maximum Gasteiger partial charge on any atom is 0.308 e. The van der Waals surface area contributed by atoms with Crippen molar-refractivity contribution in [3.8, 4) is 5.75 Å². The Kier molecular flexibility index (Phi) is 7.06. The molecule has 136 valence electrons. The number of hydrogen-bond donors (Lipinski definition) is 2. The van der Waals surface area contributed by atoms with Crippen LogP contribution in [0.5, 0.6) is 5.75 Å². The fourth-order valence-electron chi connectivity index (χ4n) is 2.71. The molecule has 1 aromatic carbocycles. The van der Waals surface area contributed by atoms with Crippen LogP contribution in [0.4, 0.5) is 0 Å². The maximum absolute atomic E-state index is 12.1. The lowest BCUT2D eigenvalue weighted by Crippen LogP contribution is -2.47. The largest absolute Gasteiger partial charge is 0.484 e. The summed E-state index contributed by atoms with van der Waals surface area (Å²) in [6.07, 6.45) is 2.39. The molecule has 1 aliphatic carbocycles. The summed E-state index contributed by atoms with van der Waals surface area (Å²) in [5.74, 6) is -0.817. The van der Waals surface area contributed by atoms with E-state index in [9.17, 15) is 14.4 Å². The lowest BCUT2D eigenvalue weighted by molar-refractivity contribution is -0.147. The van der Waals surface area contributed by atoms with Gasteiger partial charge in [0.15, 0.2) is 6.61 Å². The number of halogens is 1. The van der Waals surface area contributed by atoms with Gasteiger partial charge in [-0.05, 0) is 49.9 Å². The fraction of sp³-hybridized carbons (Fsp3) is 0.471. The van der Waals surface area contributed by atoms with E-state index in [1.165, 1.54) is 7.11 Å². The molecule has 0 atom stereocenters. The third-order valence-electron chi connectivity index (χ3n) is 4.14. The first-order valence-corrected chi connectivity index (χ1v) is 8.42. The van der Waals surface area contributed by atoms with Crippen molar-refractivity contribution in [2.75, 3.05) is 13.7 Å². The minimum Gasteiger partial charge on any atom is -0.484 e. The van der Waals surface area contributed by atoms with Gasteiger partial charge in [0.05, 0.1) is 13.0 Å². The van der Waals surface area contributed by atoms with Gasteiger partial charge in [-0.25, -0.2) is 0 Å². The van der Waals surface area contributed by atoms with Crippen LogP contribution < -0.4 is 15.6 Å². The highest BCUT2D eigenvalue weighted by molar-refractivity contribution is 6.30. The highest BCUT2D eigenvalue weighted by Crippen LogP contribution is 2.29. The second-order valence-electron chi connectivity index (χ2n) is 5.85. The van der Waals surface area contributed by atoms with Crippen molar-refractivity contribution in [3.63, 3.8) is 0 Å². The number of amides is 2. The summed E-state index contributed by atoms with van der Waals surface area (Å²) in [5, 5.41) is 0.575. The summed E-state index contributed by atoms with van der Waals surface area (Å²) in [6, 6.07) is 6.60. The SMILES string of the molecule is COC(=O)[C@H]1CC[C@H](C(=O)NNC(=O)COc2ccc(Cl)cc2)CC1. The van der Waals surface area contributed by atoms with E-state index in [1.54, 1.807) is 24.3 Å². The Morgan fingerprint density at radius 3 is 2.24 bits per heavy atom. The Morgan fingerprint density at radius 2 is 1.64 bits per heavy atom.